The van der Waals surface area contributed by atoms with Crippen molar-refractivity contribution in [3.8, 4) is 11.5 Å². The fourth-order valence-corrected chi connectivity index (χ4v) is 2.71. The Morgan fingerprint density at radius 1 is 1.31 bits per heavy atom. The van der Waals surface area contributed by atoms with Crippen LogP contribution in [0.3, 0.4) is 0 Å². The normalized spacial score (nSPS) is 28.5. The highest BCUT2D eigenvalue weighted by Crippen LogP contribution is 2.34. The molecule has 0 radical (unpaired) electrons. The van der Waals surface area contributed by atoms with Crippen molar-refractivity contribution in [1.29, 1.82) is 0 Å². The fourth-order valence-electron chi connectivity index (χ4n) is 2.71. The molecule has 2 N–H and O–H groups in total. The van der Waals surface area contributed by atoms with E-state index in [0.717, 1.165) is 31.7 Å². The van der Waals surface area contributed by atoms with Crippen molar-refractivity contribution < 1.29 is 9.84 Å². The Hall–Kier alpha value is -1.22. The van der Waals surface area contributed by atoms with Crippen LogP contribution in [0.4, 0.5) is 0 Å². The molecular weight excluding hydrogens is 202 g/mol. The molecule has 0 amide bonds. The number of ether oxygens (including phenoxy) is 1. The van der Waals surface area contributed by atoms with E-state index in [2.05, 4.69) is 5.32 Å². The highest BCUT2D eigenvalue weighted by atomic mass is 16.5. The molecule has 1 aromatic carbocycles. The molecule has 0 aromatic heterocycles. The van der Waals surface area contributed by atoms with Crippen molar-refractivity contribution in [3.63, 3.8) is 0 Å². The van der Waals surface area contributed by atoms with E-state index in [1.54, 1.807) is 12.1 Å². The topological polar surface area (TPSA) is 41.5 Å². The minimum absolute atomic E-state index is 0.295. The van der Waals surface area contributed by atoms with E-state index in [1.807, 2.05) is 6.07 Å². The molecule has 2 atom stereocenters. The number of benzene rings is 1. The molecule has 16 heavy (non-hydrogen) atoms. The second-order valence-corrected chi connectivity index (χ2v) is 4.74. The first-order valence-corrected chi connectivity index (χ1v) is 6.02. The van der Waals surface area contributed by atoms with Gasteiger partial charge in [-0.05, 0) is 37.4 Å². The Balaban J connectivity index is 1.79. The second kappa shape index (κ2) is 3.98. The van der Waals surface area contributed by atoms with Gasteiger partial charge in [-0.1, -0.05) is 6.07 Å². The van der Waals surface area contributed by atoms with Crippen LogP contribution in [-0.2, 0) is 6.42 Å². The smallest absolute Gasteiger partial charge is 0.126 e. The summed E-state index contributed by atoms with van der Waals surface area (Å²) in [7, 11) is 0. The van der Waals surface area contributed by atoms with Gasteiger partial charge in [-0.15, -0.1) is 0 Å². The van der Waals surface area contributed by atoms with Gasteiger partial charge in [0.25, 0.3) is 0 Å². The van der Waals surface area contributed by atoms with Crippen LogP contribution in [-0.4, -0.2) is 24.3 Å². The van der Waals surface area contributed by atoms with Gasteiger partial charge in [0.1, 0.15) is 17.6 Å². The molecule has 3 rings (SSSR count). The summed E-state index contributed by atoms with van der Waals surface area (Å²) in [6.07, 6.45) is 3.70. The Morgan fingerprint density at radius 2 is 2.25 bits per heavy atom. The van der Waals surface area contributed by atoms with Crippen LogP contribution >= 0.6 is 0 Å². The highest BCUT2D eigenvalue weighted by Gasteiger charge is 2.29. The molecule has 1 fully saturated rings. The molecule has 2 heterocycles. The first-order valence-electron chi connectivity index (χ1n) is 6.02. The van der Waals surface area contributed by atoms with Gasteiger partial charge >= 0.3 is 0 Å². The SMILES string of the molecule is Oc1ccc2c(c1)OC(C1CCNC1)CC2. The quantitative estimate of drug-likeness (QED) is 0.755. The van der Waals surface area contributed by atoms with E-state index in [4.69, 9.17) is 4.74 Å². The van der Waals surface area contributed by atoms with Gasteiger partial charge in [0.05, 0.1) is 0 Å². The van der Waals surface area contributed by atoms with E-state index in [0.29, 0.717) is 17.8 Å². The zero-order valence-corrected chi connectivity index (χ0v) is 9.28. The van der Waals surface area contributed by atoms with Crippen LogP contribution in [0.1, 0.15) is 18.4 Å². The van der Waals surface area contributed by atoms with Gasteiger partial charge in [-0.2, -0.15) is 0 Å². The summed E-state index contributed by atoms with van der Waals surface area (Å²) in [4.78, 5) is 0. The van der Waals surface area contributed by atoms with Crippen molar-refractivity contribution in [2.75, 3.05) is 13.1 Å². The predicted molar refractivity (Wildman–Crippen MR) is 61.8 cm³/mol. The molecule has 2 unspecified atom stereocenters. The maximum Gasteiger partial charge on any atom is 0.126 e. The van der Waals surface area contributed by atoms with Crippen molar-refractivity contribution in [2.45, 2.75) is 25.4 Å². The third-order valence-electron chi connectivity index (χ3n) is 3.65. The molecule has 1 aromatic rings. The number of phenolic OH excluding ortho intramolecular Hbond substituents is 1. The Bertz CT molecular complexity index is 386. The number of aromatic hydroxyl groups is 1. The van der Waals surface area contributed by atoms with Gasteiger partial charge < -0.3 is 15.2 Å². The molecule has 3 nitrogen and oxygen atoms in total. The summed E-state index contributed by atoms with van der Waals surface area (Å²) in [5, 5.41) is 12.8. The third-order valence-corrected chi connectivity index (χ3v) is 3.65. The fraction of sp³-hybridized carbons (Fsp3) is 0.538. The van der Waals surface area contributed by atoms with Crippen LogP contribution in [0.2, 0.25) is 0 Å². The lowest BCUT2D eigenvalue weighted by Gasteiger charge is -2.30. The van der Waals surface area contributed by atoms with Crippen molar-refractivity contribution >= 4 is 0 Å². The number of fused-ring (bicyclic) bond motifs is 1. The lowest BCUT2D eigenvalue weighted by Crippen LogP contribution is -2.32. The summed E-state index contributed by atoms with van der Waals surface area (Å²) in [5.74, 6) is 1.81. The van der Waals surface area contributed by atoms with Crippen molar-refractivity contribution in [1.82, 2.24) is 5.32 Å². The molecule has 2 aliphatic heterocycles. The monoisotopic (exact) mass is 219 g/mol. The lowest BCUT2D eigenvalue weighted by atomic mass is 9.92. The largest absolute Gasteiger partial charge is 0.508 e. The predicted octanol–water partition coefficient (Wildman–Crippen LogP) is 1.70. The zero-order chi connectivity index (χ0) is 11.0. The van der Waals surface area contributed by atoms with Gasteiger partial charge in [0, 0.05) is 18.5 Å². The second-order valence-electron chi connectivity index (χ2n) is 4.74. The van der Waals surface area contributed by atoms with E-state index in [-0.39, 0.29) is 0 Å². The van der Waals surface area contributed by atoms with Crippen LogP contribution in [0.25, 0.3) is 0 Å². The maximum absolute atomic E-state index is 9.45. The summed E-state index contributed by atoms with van der Waals surface area (Å²) in [6, 6.07) is 5.44. The van der Waals surface area contributed by atoms with Crippen LogP contribution < -0.4 is 10.1 Å². The number of aryl methyl sites for hydroxylation is 1. The lowest BCUT2D eigenvalue weighted by molar-refractivity contribution is 0.119. The molecule has 0 saturated carbocycles. The van der Waals surface area contributed by atoms with E-state index in [9.17, 15) is 5.11 Å². The summed E-state index contributed by atoms with van der Waals surface area (Å²) >= 11 is 0. The molecule has 86 valence electrons. The van der Waals surface area contributed by atoms with E-state index >= 15 is 0 Å². The number of rotatable bonds is 1. The summed E-state index contributed by atoms with van der Waals surface area (Å²) < 4.78 is 6.00. The molecule has 2 aliphatic rings. The van der Waals surface area contributed by atoms with Gasteiger partial charge in [0.2, 0.25) is 0 Å². The number of phenols is 1. The average molecular weight is 219 g/mol. The van der Waals surface area contributed by atoms with E-state index < -0.39 is 0 Å². The third kappa shape index (κ3) is 1.76. The van der Waals surface area contributed by atoms with Gasteiger partial charge in [-0.3, -0.25) is 0 Å². The van der Waals surface area contributed by atoms with Gasteiger partial charge in [0.15, 0.2) is 0 Å². The zero-order valence-electron chi connectivity index (χ0n) is 9.28. The highest BCUT2D eigenvalue weighted by molar-refractivity contribution is 5.41. The molecular formula is C13H17NO2. The minimum atomic E-state index is 0.295. The molecule has 3 heteroatoms. The van der Waals surface area contributed by atoms with Crippen LogP contribution in [0, 0.1) is 5.92 Å². The Labute approximate surface area is 95.4 Å². The first-order chi connectivity index (χ1) is 7.83. The molecule has 1 saturated heterocycles. The molecule has 0 bridgehead atoms. The Morgan fingerprint density at radius 3 is 3.06 bits per heavy atom. The minimum Gasteiger partial charge on any atom is -0.508 e. The maximum atomic E-state index is 9.45. The first kappa shape index (κ1) is 9.97. The summed E-state index contributed by atoms with van der Waals surface area (Å²) in [5.41, 5.74) is 1.22. The standard InChI is InChI=1S/C13H17NO2/c15-11-3-1-9-2-4-12(16-13(9)7-11)10-5-6-14-8-10/h1,3,7,10,12,14-15H,2,4-6,8H2. The average Bonchev–Trinajstić information content (AvgIpc) is 2.81. The number of hydrogen-bond acceptors (Lipinski definition) is 3. The van der Waals surface area contributed by atoms with Crippen LogP contribution in [0.15, 0.2) is 18.2 Å². The van der Waals surface area contributed by atoms with Crippen molar-refractivity contribution in [2.24, 2.45) is 5.92 Å². The summed E-state index contributed by atoms with van der Waals surface area (Å²) in [6.45, 7) is 2.18. The number of hydrogen-bond donors (Lipinski definition) is 2. The van der Waals surface area contributed by atoms with E-state index in [1.165, 1.54) is 12.0 Å². The van der Waals surface area contributed by atoms with Crippen molar-refractivity contribution in [3.05, 3.63) is 23.8 Å². The number of nitrogens with one attached hydrogen (secondary N) is 1. The van der Waals surface area contributed by atoms with Gasteiger partial charge in [-0.25, -0.2) is 0 Å². The van der Waals surface area contributed by atoms with Crippen LogP contribution in [0.5, 0.6) is 11.5 Å². The molecule has 0 spiro atoms. The Kier molecular flexibility index (Phi) is 2.48. The molecule has 0 aliphatic carbocycles.